The van der Waals surface area contributed by atoms with E-state index in [1.54, 1.807) is 35.6 Å². The first kappa shape index (κ1) is 23.6. The lowest BCUT2D eigenvalue weighted by Crippen LogP contribution is -2.47. The number of thiophene rings is 1. The van der Waals surface area contributed by atoms with E-state index in [0.29, 0.717) is 28.9 Å². The Kier molecular flexibility index (Phi) is 7.58. The summed E-state index contributed by atoms with van der Waals surface area (Å²) in [5.74, 6) is 0.258. The van der Waals surface area contributed by atoms with Crippen LogP contribution in [-0.4, -0.2) is 47.9 Å². The van der Waals surface area contributed by atoms with Crippen LogP contribution in [0.5, 0.6) is 5.75 Å². The number of benzene rings is 2. The average molecular weight is 503 g/mol. The molecular weight excluding hydrogens is 479 g/mol. The van der Waals surface area contributed by atoms with Crippen LogP contribution in [0.15, 0.2) is 60.0 Å². The number of hydrogen-bond acceptors (Lipinski definition) is 4. The maximum atomic E-state index is 13.5. The summed E-state index contributed by atoms with van der Waals surface area (Å²) in [6, 6.07) is 16.3. The first-order valence-electron chi connectivity index (χ1n) is 10.7. The molecule has 2 heterocycles. The number of fused-ring (bicyclic) bond motifs is 1. The summed E-state index contributed by atoms with van der Waals surface area (Å²) >= 11 is 14.3. The second-order valence-electron chi connectivity index (χ2n) is 7.71. The second kappa shape index (κ2) is 10.6. The van der Waals surface area contributed by atoms with Gasteiger partial charge in [0.05, 0.1) is 12.6 Å². The lowest BCUT2D eigenvalue weighted by molar-refractivity contribution is -0.142. The second-order valence-corrected chi connectivity index (χ2v) is 9.56. The molecule has 2 aromatic carbocycles. The molecule has 0 saturated carbocycles. The Hall–Kier alpha value is -2.54. The number of amides is 2. The number of ether oxygens (including phenoxy) is 1. The van der Waals surface area contributed by atoms with E-state index in [9.17, 15) is 9.59 Å². The molecule has 1 unspecified atom stereocenters. The molecule has 0 spiro atoms. The number of rotatable bonds is 7. The monoisotopic (exact) mass is 502 g/mol. The summed E-state index contributed by atoms with van der Waals surface area (Å²) in [6.07, 6.45) is 0.775. The Morgan fingerprint density at radius 3 is 2.64 bits per heavy atom. The van der Waals surface area contributed by atoms with Crippen molar-refractivity contribution < 1.29 is 14.3 Å². The van der Waals surface area contributed by atoms with Gasteiger partial charge in [0.15, 0.2) is 6.61 Å². The normalized spacial score (nSPS) is 15.1. The van der Waals surface area contributed by atoms with E-state index in [4.69, 9.17) is 27.9 Å². The highest BCUT2D eigenvalue weighted by Gasteiger charge is 2.35. The molecule has 0 aliphatic carbocycles. The van der Waals surface area contributed by atoms with Gasteiger partial charge in [-0.25, -0.2) is 0 Å². The number of likely N-dealkylation sites (N-methyl/N-ethyl adjacent to an activating group) is 1. The van der Waals surface area contributed by atoms with Crippen molar-refractivity contribution in [2.75, 3.05) is 26.2 Å². The van der Waals surface area contributed by atoms with Crippen LogP contribution in [-0.2, 0) is 16.0 Å². The number of carbonyl (C=O) groups excluding carboxylic acids is 2. The smallest absolute Gasteiger partial charge is 0.260 e. The van der Waals surface area contributed by atoms with E-state index in [0.717, 1.165) is 17.5 Å². The minimum Gasteiger partial charge on any atom is -0.484 e. The summed E-state index contributed by atoms with van der Waals surface area (Å²) in [6.45, 7) is 2.68. The van der Waals surface area contributed by atoms with Crippen LogP contribution < -0.4 is 4.74 Å². The van der Waals surface area contributed by atoms with Crippen LogP contribution >= 0.6 is 34.5 Å². The lowest BCUT2D eigenvalue weighted by atomic mass is 9.93. The number of carbonyl (C=O) groups is 2. The van der Waals surface area contributed by atoms with Gasteiger partial charge in [0.1, 0.15) is 5.75 Å². The van der Waals surface area contributed by atoms with Gasteiger partial charge in [-0.1, -0.05) is 47.5 Å². The van der Waals surface area contributed by atoms with Crippen LogP contribution in [0.25, 0.3) is 0 Å². The molecule has 0 bridgehead atoms. The SMILES string of the molecule is CCN(CC(=O)N1CCc2sccc2C1c1ccc(Cl)cc1Cl)C(=O)COc1ccccc1. The molecule has 0 N–H and O–H groups in total. The van der Waals surface area contributed by atoms with Gasteiger partial charge in [0, 0.05) is 28.0 Å². The predicted molar refractivity (Wildman–Crippen MR) is 132 cm³/mol. The molecule has 1 atom stereocenters. The average Bonchev–Trinajstić information content (AvgIpc) is 3.30. The molecule has 0 fully saturated rings. The van der Waals surface area contributed by atoms with E-state index in [-0.39, 0.29) is 31.0 Å². The van der Waals surface area contributed by atoms with Crippen molar-refractivity contribution in [3.63, 3.8) is 0 Å². The molecule has 4 rings (SSSR count). The Bertz CT molecular complexity index is 1140. The highest BCUT2D eigenvalue weighted by atomic mass is 35.5. The molecule has 0 radical (unpaired) electrons. The van der Waals surface area contributed by atoms with Crippen molar-refractivity contribution in [1.82, 2.24) is 9.80 Å². The molecule has 1 aromatic heterocycles. The third-order valence-electron chi connectivity index (χ3n) is 5.71. The molecule has 3 aromatic rings. The number of hydrogen-bond donors (Lipinski definition) is 0. The van der Waals surface area contributed by atoms with Crippen LogP contribution in [0.2, 0.25) is 10.0 Å². The minimum atomic E-state index is -0.313. The Balaban J connectivity index is 1.52. The van der Waals surface area contributed by atoms with Crippen molar-refractivity contribution in [3.05, 3.63) is 86.0 Å². The van der Waals surface area contributed by atoms with Crippen molar-refractivity contribution in [1.29, 1.82) is 0 Å². The summed E-state index contributed by atoms with van der Waals surface area (Å²) in [5.41, 5.74) is 1.90. The number of para-hydroxylation sites is 1. The molecule has 8 heteroatoms. The first-order valence-corrected chi connectivity index (χ1v) is 12.4. The standard InChI is InChI=1S/C25H24Cl2N2O3S/c1-2-28(24(31)16-32-18-6-4-3-5-7-18)15-23(30)29-12-10-22-20(11-13-33-22)25(29)19-9-8-17(26)14-21(19)27/h3-9,11,13-14,25H,2,10,12,15-16H2,1H3. The van der Waals surface area contributed by atoms with Gasteiger partial charge in [-0.15, -0.1) is 11.3 Å². The highest BCUT2D eigenvalue weighted by Crippen LogP contribution is 2.41. The summed E-state index contributed by atoms with van der Waals surface area (Å²) in [4.78, 5) is 30.8. The van der Waals surface area contributed by atoms with Gasteiger partial charge in [-0.05, 0) is 60.2 Å². The van der Waals surface area contributed by atoms with Crippen molar-refractivity contribution in [3.8, 4) is 5.75 Å². The summed E-state index contributed by atoms with van der Waals surface area (Å²) in [7, 11) is 0. The Labute approximate surface area is 207 Å². The topological polar surface area (TPSA) is 49.9 Å². The molecule has 0 saturated heterocycles. The summed E-state index contributed by atoms with van der Waals surface area (Å²) < 4.78 is 5.59. The van der Waals surface area contributed by atoms with E-state index in [1.807, 2.05) is 47.5 Å². The van der Waals surface area contributed by atoms with E-state index in [1.165, 1.54) is 9.78 Å². The van der Waals surface area contributed by atoms with E-state index >= 15 is 0 Å². The quantitative estimate of drug-likeness (QED) is 0.431. The molecular formula is C25H24Cl2N2O3S. The van der Waals surface area contributed by atoms with Gasteiger partial charge in [-0.2, -0.15) is 0 Å². The predicted octanol–water partition coefficient (Wildman–Crippen LogP) is 5.46. The molecule has 2 amide bonds. The zero-order valence-electron chi connectivity index (χ0n) is 18.2. The molecule has 33 heavy (non-hydrogen) atoms. The van der Waals surface area contributed by atoms with Gasteiger partial charge in [-0.3, -0.25) is 9.59 Å². The maximum Gasteiger partial charge on any atom is 0.260 e. The van der Waals surface area contributed by atoms with Crippen LogP contribution in [0, 0.1) is 0 Å². The van der Waals surface area contributed by atoms with Crippen molar-refractivity contribution >= 4 is 46.4 Å². The van der Waals surface area contributed by atoms with Crippen LogP contribution in [0.3, 0.4) is 0 Å². The molecule has 1 aliphatic heterocycles. The van der Waals surface area contributed by atoms with Gasteiger partial charge < -0.3 is 14.5 Å². The van der Waals surface area contributed by atoms with Crippen molar-refractivity contribution in [2.45, 2.75) is 19.4 Å². The molecule has 172 valence electrons. The number of halogens is 2. The van der Waals surface area contributed by atoms with Crippen LogP contribution in [0.4, 0.5) is 0 Å². The van der Waals surface area contributed by atoms with Gasteiger partial charge in [0.2, 0.25) is 5.91 Å². The zero-order valence-corrected chi connectivity index (χ0v) is 20.5. The molecule has 1 aliphatic rings. The Morgan fingerprint density at radius 2 is 1.91 bits per heavy atom. The fourth-order valence-electron chi connectivity index (χ4n) is 4.03. The highest BCUT2D eigenvalue weighted by molar-refractivity contribution is 7.10. The van der Waals surface area contributed by atoms with Gasteiger partial charge >= 0.3 is 0 Å². The third-order valence-corrected chi connectivity index (χ3v) is 7.27. The fourth-order valence-corrected chi connectivity index (χ4v) is 5.44. The largest absolute Gasteiger partial charge is 0.484 e. The van der Waals surface area contributed by atoms with Crippen molar-refractivity contribution in [2.24, 2.45) is 0 Å². The first-order chi connectivity index (χ1) is 16.0. The molecule has 5 nitrogen and oxygen atoms in total. The van der Waals surface area contributed by atoms with Gasteiger partial charge in [0.25, 0.3) is 5.91 Å². The van der Waals surface area contributed by atoms with Crippen LogP contribution in [0.1, 0.15) is 29.0 Å². The Morgan fingerprint density at radius 1 is 1.12 bits per heavy atom. The fraction of sp³-hybridized carbons (Fsp3) is 0.280. The number of nitrogens with zero attached hydrogens (tertiary/aromatic N) is 2. The zero-order chi connectivity index (χ0) is 23.4. The van der Waals surface area contributed by atoms with E-state index in [2.05, 4.69) is 0 Å². The maximum absolute atomic E-state index is 13.5. The lowest BCUT2D eigenvalue weighted by Gasteiger charge is -2.38. The third kappa shape index (κ3) is 5.35. The summed E-state index contributed by atoms with van der Waals surface area (Å²) in [5, 5.41) is 3.10. The van der Waals surface area contributed by atoms with E-state index < -0.39 is 0 Å². The minimum absolute atomic E-state index is 0.0192.